The standard InChI is InChI=1S/C15H22BN2.3C6H5.Sn/c1-14(15-8-5-4-6-9-15)10-11-16-17(2)12-7-13-18(16)3;3*1-2-4-6-5-3-1;/h4-6,8-10H,1,7,11-13H2,2-3H3;3*1-5H;. The van der Waals surface area contributed by atoms with Crippen molar-refractivity contribution in [2.75, 3.05) is 27.2 Å². The van der Waals surface area contributed by atoms with Crippen LogP contribution < -0.4 is 10.7 Å². The van der Waals surface area contributed by atoms with Gasteiger partial charge in [-0.1, -0.05) is 0 Å². The SMILES string of the molecule is CN1CCCN(C)B1CC=C([CH2][Sn]([c]1ccccc1)([c]1ccccc1)[c]1ccccc1)c1ccccc1. The van der Waals surface area contributed by atoms with E-state index in [1.165, 1.54) is 41.4 Å². The summed E-state index contributed by atoms with van der Waals surface area (Å²) in [4.78, 5) is 5.04. The fourth-order valence-corrected chi connectivity index (χ4v) is 19.8. The van der Waals surface area contributed by atoms with Crippen molar-refractivity contribution in [1.82, 2.24) is 9.62 Å². The number of nitrogens with zero attached hydrogens (tertiary/aromatic N) is 2. The molecular formula is C33H37BN2Sn. The van der Waals surface area contributed by atoms with Crippen molar-refractivity contribution in [1.29, 1.82) is 0 Å². The van der Waals surface area contributed by atoms with Crippen LogP contribution in [0.2, 0.25) is 10.8 Å². The fourth-order valence-electron chi connectivity index (χ4n) is 6.02. The van der Waals surface area contributed by atoms with Gasteiger partial charge in [-0.15, -0.1) is 0 Å². The quantitative estimate of drug-likeness (QED) is 0.267. The third-order valence-corrected chi connectivity index (χ3v) is 21.9. The van der Waals surface area contributed by atoms with Crippen LogP contribution in [0.15, 0.2) is 127 Å². The molecule has 4 aromatic rings. The topological polar surface area (TPSA) is 6.48 Å². The van der Waals surface area contributed by atoms with Gasteiger partial charge in [0.05, 0.1) is 0 Å². The molecule has 0 saturated carbocycles. The average molecular weight is 591 g/mol. The van der Waals surface area contributed by atoms with Gasteiger partial charge in [0.15, 0.2) is 0 Å². The zero-order chi connectivity index (χ0) is 25.5. The van der Waals surface area contributed by atoms with E-state index in [4.69, 9.17) is 0 Å². The Bertz CT molecular complexity index is 1170. The van der Waals surface area contributed by atoms with E-state index >= 15 is 0 Å². The summed E-state index contributed by atoms with van der Waals surface area (Å²) >= 11 is -3.45. The first-order chi connectivity index (χ1) is 18.2. The second-order valence-electron chi connectivity index (χ2n) is 10.3. The molecule has 0 bridgehead atoms. The van der Waals surface area contributed by atoms with Gasteiger partial charge in [-0.25, -0.2) is 0 Å². The minimum atomic E-state index is -3.45. The van der Waals surface area contributed by atoms with Gasteiger partial charge in [-0.05, 0) is 0 Å². The third kappa shape index (κ3) is 5.79. The summed E-state index contributed by atoms with van der Waals surface area (Å²) in [6, 6.07) is 45.3. The van der Waals surface area contributed by atoms with E-state index < -0.39 is 18.4 Å². The Balaban J connectivity index is 1.67. The molecule has 0 atom stereocenters. The number of benzene rings is 4. The van der Waals surface area contributed by atoms with Crippen molar-refractivity contribution in [3.05, 3.63) is 133 Å². The van der Waals surface area contributed by atoms with Crippen LogP contribution in [0.5, 0.6) is 0 Å². The molecule has 0 aromatic heterocycles. The van der Waals surface area contributed by atoms with Crippen molar-refractivity contribution < 1.29 is 0 Å². The molecule has 1 saturated heterocycles. The van der Waals surface area contributed by atoms with Gasteiger partial charge in [0.2, 0.25) is 0 Å². The molecule has 37 heavy (non-hydrogen) atoms. The molecule has 2 nitrogen and oxygen atoms in total. The molecule has 0 N–H and O–H groups in total. The molecule has 4 heteroatoms. The zero-order valence-electron chi connectivity index (χ0n) is 22.1. The number of hydrogen-bond acceptors (Lipinski definition) is 2. The minimum absolute atomic E-state index is 0.447. The summed E-state index contributed by atoms with van der Waals surface area (Å²) in [6.45, 7) is 2.79. The molecule has 0 unspecified atom stereocenters. The first-order valence-electron chi connectivity index (χ1n) is 13.5. The number of rotatable bonds is 8. The Kier molecular flexibility index (Phi) is 8.65. The summed E-state index contributed by atoms with van der Waals surface area (Å²) in [7, 11) is 4.55. The summed E-state index contributed by atoms with van der Waals surface area (Å²) in [6.07, 6.45) is 4.85. The second kappa shape index (κ2) is 12.3. The van der Waals surface area contributed by atoms with Gasteiger partial charge in [0, 0.05) is 0 Å². The molecule has 186 valence electrons. The Hall–Kier alpha value is -2.60. The van der Waals surface area contributed by atoms with E-state index in [-0.39, 0.29) is 0 Å². The van der Waals surface area contributed by atoms with Crippen molar-refractivity contribution in [2.45, 2.75) is 17.2 Å². The third-order valence-electron chi connectivity index (χ3n) is 8.01. The van der Waals surface area contributed by atoms with Gasteiger partial charge in [0.1, 0.15) is 0 Å². The average Bonchev–Trinajstić information content (AvgIpc) is 2.96. The number of hydrogen-bond donors (Lipinski definition) is 0. The molecule has 0 spiro atoms. The Morgan fingerprint density at radius 3 is 1.49 bits per heavy atom. The van der Waals surface area contributed by atoms with Crippen LogP contribution in [0.4, 0.5) is 0 Å². The molecule has 1 fully saturated rings. The Morgan fingerprint density at radius 2 is 1.05 bits per heavy atom. The fraction of sp³-hybridized carbons (Fsp3) is 0.212. The van der Waals surface area contributed by atoms with Crippen LogP contribution >= 0.6 is 0 Å². The van der Waals surface area contributed by atoms with E-state index in [0.29, 0.717) is 6.98 Å². The molecule has 5 rings (SSSR count). The van der Waals surface area contributed by atoms with Crippen molar-refractivity contribution in [2.24, 2.45) is 0 Å². The summed E-state index contributed by atoms with van der Waals surface area (Å²) < 4.78 is 5.69. The first-order valence-corrected chi connectivity index (χ1v) is 19.8. The van der Waals surface area contributed by atoms with Crippen LogP contribution in [0, 0.1) is 0 Å². The number of allylic oxidation sites excluding steroid dienone is 2. The maximum atomic E-state index is 2.57. The van der Waals surface area contributed by atoms with Crippen LogP contribution in [0.25, 0.3) is 5.57 Å². The molecule has 4 aromatic carbocycles. The zero-order valence-corrected chi connectivity index (χ0v) is 25.0. The molecule has 1 aliphatic rings. The maximum absolute atomic E-state index is 3.45. The van der Waals surface area contributed by atoms with Crippen LogP contribution in [0.3, 0.4) is 0 Å². The van der Waals surface area contributed by atoms with Crippen molar-refractivity contribution >= 4 is 41.7 Å². The van der Waals surface area contributed by atoms with E-state index in [9.17, 15) is 0 Å². The summed E-state index contributed by atoms with van der Waals surface area (Å²) in [5.74, 6) is 0. The van der Waals surface area contributed by atoms with Crippen LogP contribution in [0.1, 0.15) is 12.0 Å². The predicted molar refractivity (Wildman–Crippen MR) is 164 cm³/mol. The molecule has 0 radical (unpaired) electrons. The van der Waals surface area contributed by atoms with E-state index in [1.807, 2.05) is 0 Å². The van der Waals surface area contributed by atoms with Gasteiger partial charge in [-0.2, -0.15) is 0 Å². The predicted octanol–water partition coefficient (Wildman–Crippen LogP) is 5.00. The van der Waals surface area contributed by atoms with E-state index in [1.54, 1.807) is 0 Å². The molecule has 1 heterocycles. The van der Waals surface area contributed by atoms with Gasteiger partial charge in [0.25, 0.3) is 0 Å². The van der Waals surface area contributed by atoms with E-state index in [2.05, 4.69) is 151 Å². The van der Waals surface area contributed by atoms with Gasteiger partial charge in [-0.3, -0.25) is 0 Å². The Morgan fingerprint density at radius 1 is 0.649 bits per heavy atom. The van der Waals surface area contributed by atoms with Crippen molar-refractivity contribution in [3.63, 3.8) is 0 Å². The molecule has 0 amide bonds. The Labute approximate surface area is 227 Å². The summed E-state index contributed by atoms with van der Waals surface area (Å²) in [5, 5.41) is 0. The monoisotopic (exact) mass is 592 g/mol. The second-order valence-corrected chi connectivity index (χ2v) is 21.4. The van der Waals surface area contributed by atoms with E-state index in [0.717, 1.165) is 10.8 Å². The van der Waals surface area contributed by atoms with Crippen LogP contribution in [-0.2, 0) is 0 Å². The first kappa shape index (κ1) is 26.0. The summed E-state index contributed by atoms with van der Waals surface area (Å²) in [5.41, 5.74) is 2.84. The normalized spacial score (nSPS) is 15.6. The molecule has 0 aliphatic carbocycles. The van der Waals surface area contributed by atoms with Gasteiger partial charge >= 0.3 is 229 Å². The van der Waals surface area contributed by atoms with Crippen LogP contribution in [-0.4, -0.2) is 62.2 Å². The molecule has 1 aliphatic heterocycles. The molecular weight excluding hydrogens is 554 g/mol. The van der Waals surface area contributed by atoms with Gasteiger partial charge < -0.3 is 0 Å². The van der Waals surface area contributed by atoms with Crippen molar-refractivity contribution in [3.8, 4) is 0 Å².